The molecule has 0 saturated heterocycles. The molecule has 3 N–H and O–H groups in total. The zero-order chi connectivity index (χ0) is 13.8. The maximum atomic E-state index is 11.3. The van der Waals surface area contributed by atoms with Gasteiger partial charge in [-0.15, -0.1) is 0 Å². The molecular weight excluding hydrogens is 242 g/mol. The average molecular weight is 257 g/mol. The molecule has 1 amide bonds. The molecule has 19 heavy (non-hydrogen) atoms. The number of primary amides is 1. The molecule has 0 unspecified atom stereocenters. The second-order valence-electron chi connectivity index (χ2n) is 4.31. The Morgan fingerprint density at radius 3 is 2.68 bits per heavy atom. The second kappa shape index (κ2) is 5.44. The molecule has 0 atom stereocenters. The van der Waals surface area contributed by atoms with E-state index in [4.69, 9.17) is 10.5 Å². The van der Waals surface area contributed by atoms with Gasteiger partial charge in [0.15, 0.2) is 0 Å². The number of phenolic OH excluding ortho intramolecular Hbond substituents is 1. The number of amides is 1. The molecule has 0 heterocycles. The van der Waals surface area contributed by atoms with Crippen molar-refractivity contribution in [3.63, 3.8) is 0 Å². The number of benzene rings is 2. The van der Waals surface area contributed by atoms with Crippen LogP contribution in [0.25, 0.3) is 0 Å². The van der Waals surface area contributed by atoms with Gasteiger partial charge in [-0.25, -0.2) is 0 Å². The molecule has 0 aliphatic heterocycles. The van der Waals surface area contributed by atoms with Crippen molar-refractivity contribution < 1.29 is 14.6 Å². The van der Waals surface area contributed by atoms with E-state index < -0.39 is 5.91 Å². The maximum absolute atomic E-state index is 11.3. The van der Waals surface area contributed by atoms with Crippen molar-refractivity contribution in [3.05, 3.63) is 59.2 Å². The smallest absolute Gasteiger partial charge is 0.249 e. The molecule has 0 fully saturated rings. The molecule has 0 aromatic heterocycles. The fourth-order valence-corrected chi connectivity index (χ4v) is 1.86. The minimum atomic E-state index is -0.480. The summed E-state index contributed by atoms with van der Waals surface area (Å²) >= 11 is 0. The number of aryl methyl sites for hydroxylation is 1. The number of rotatable bonds is 4. The van der Waals surface area contributed by atoms with Crippen molar-refractivity contribution >= 4 is 5.91 Å². The topological polar surface area (TPSA) is 72.6 Å². The molecule has 0 radical (unpaired) electrons. The van der Waals surface area contributed by atoms with Crippen LogP contribution >= 0.6 is 0 Å². The van der Waals surface area contributed by atoms with Crippen LogP contribution in [0.5, 0.6) is 11.5 Å². The monoisotopic (exact) mass is 257 g/mol. The molecule has 2 aromatic rings. The number of hydrogen-bond donors (Lipinski definition) is 2. The predicted molar refractivity (Wildman–Crippen MR) is 72.1 cm³/mol. The normalized spacial score (nSPS) is 10.2. The third-order valence-corrected chi connectivity index (χ3v) is 2.71. The highest BCUT2D eigenvalue weighted by atomic mass is 16.5. The highest BCUT2D eigenvalue weighted by molar-refractivity contribution is 5.94. The second-order valence-corrected chi connectivity index (χ2v) is 4.31. The van der Waals surface area contributed by atoms with Crippen LogP contribution in [0.2, 0.25) is 0 Å². The van der Waals surface area contributed by atoms with E-state index in [1.165, 1.54) is 6.07 Å². The first-order valence-electron chi connectivity index (χ1n) is 5.87. The minimum absolute atomic E-state index is 0.151. The van der Waals surface area contributed by atoms with Gasteiger partial charge in [-0.3, -0.25) is 4.79 Å². The van der Waals surface area contributed by atoms with Gasteiger partial charge >= 0.3 is 0 Å². The summed E-state index contributed by atoms with van der Waals surface area (Å²) in [7, 11) is 0. The highest BCUT2D eigenvalue weighted by Gasteiger charge is 2.08. The first-order chi connectivity index (χ1) is 9.06. The highest BCUT2D eigenvalue weighted by Crippen LogP contribution is 2.22. The molecule has 0 aliphatic carbocycles. The standard InChI is InChI=1S/C15H15NO3/c1-10-6-12(17)8-13(7-10)19-9-11-4-2-3-5-14(11)15(16)18/h2-8,17H,9H2,1H3,(H2,16,18). The summed E-state index contributed by atoms with van der Waals surface area (Å²) in [5.74, 6) is 0.223. The Morgan fingerprint density at radius 2 is 2.00 bits per heavy atom. The van der Waals surface area contributed by atoms with Gasteiger partial charge in [-0.05, 0) is 30.7 Å². The van der Waals surface area contributed by atoms with Gasteiger partial charge in [0.2, 0.25) is 5.91 Å². The Labute approximate surface area is 111 Å². The van der Waals surface area contributed by atoms with Crippen molar-refractivity contribution in [1.29, 1.82) is 0 Å². The van der Waals surface area contributed by atoms with Gasteiger partial charge in [0.1, 0.15) is 18.1 Å². The van der Waals surface area contributed by atoms with Crippen LogP contribution in [0.4, 0.5) is 0 Å². The SMILES string of the molecule is Cc1cc(O)cc(OCc2ccccc2C(N)=O)c1. The van der Waals surface area contributed by atoms with Crippen molar-refractivity contribution in [2.75, 3.05) is 0 Å². The molecule has 4 nitrogen and oxygen atoms in total. The number of carbonyl (C=O) groups excluding carboxylic acids is 1. The van der Waals surface area contributed by atoms with Crippen molar-refractivity contribution in [3.8, 4) is 11.5 Å². The summed E-state index contributed by atoms with van der Waals surface area (Å²) in [5.41, 5.74) is 7.36. The fraction of sp³-hybridized carbons (Fsp3) is 0.133. The Bertz CT molecular complexity index is 588. The van der Waals surface area contributed by atoms with Crippen molar-refractivity contribution in [2.24, 2.45) is 5.73 Å². The zero-order valence-corrected chi connectivity index (χ0v) is 10.6. The molecule has 2 aromatic carbocycles. The summed E-state index contributed by atoms with van der Waals surface area (Å²) in [6.45, 7) is 2.09. The number of nitrogens with two attached hydrogens (primary N) is 1. The Morgan fingerprint density at radius 1 is 1.26 bits per heavy atom. The van der Waals surface area contributed by atoms with Crippen molar-refractivity contribution in [1.82, 2.24) is 0 Å². The lowest BCUT2D eigenvalue weighted by Gasteiger charge is -2.10. The van der Waals surface area contributed by atoms with E-state index in [1.54, 1.807) is 24.3 Å². The van der Waals surface area contributed by atoms with E-state index in [1.807, 2.05) is 19.1 Å². The first kappa shape index (κ1) is 13.0. The van der Waals surface area contributed by atoms with Crippen LogP contribution in [0.1, 0.15) is 21.5 Å². The lowest BCUT2D eigenvalue weighted by molar-refractivity contribution is 0.0998. The third kappa shape index (κ3) is 3.25. The summed E-state index contributed by atoms with van der Waals surface area (Å²) < 4.78 is 5.58. The van der Waals surface area contributed by atoms with E-state index in [0.29, 0.717) is 11.3 Å². The lowest BCUT2D eigenvalue weighted by atomic mass is 10.1. The van der Waals surface area contributed by atoms with Crippen LogP contribution in [0, 0.1) is 6.92 Å². The van der Waals surface area contributed by atoms with Gasteiger partial charge in [-0.2, -0.15) is 0 Å². The number of carbonyl (C=O) groups is 1. The van der Waals surface area contributed by atoms with E-state index >= 15 is 0 Å². The van der Waals surface area contributed by atoms with Crippen LogP contribution in [0.3, 0.4) is 0 Å². The maximum Gasteiger partial charge on any atom is 0.249 e. The van der Waals surface area contributed by atoms with E-state index in [9.17, 15) is 9.90 Å². The fourth-order valence-electron chi connectivity index (χ4n) is 1.86. The van der Waals surface area contributed by atoms with E-state index in [-0.39, 0.29) is 12.4 Å². The summed E-state index contributed by atoms with van der Waals surface area (Å²) in [4.78, 5) is 11.3. The quantitative estimate of drug-likeness (QED) is 0.883. The molecule has 0 bridgehead atoms. The van der Waals surface area contributed by atoms with Crippen molar-refractivity contribution in [2.45, 2.75) is 13.5 Å². The van der Waals surface area contributed by atoms with Crippen LogP contribution in [0.15, 0.2) is 42.5 Å². The number of phenols is 1. The average Bonchev–Trinajstić information content (AvgIpc) is 2.35. The van der Waals surface area contributed by atoms with E-state index in [0.717, 1.165) is 11.1 Å². The number of ether oxygens (including phenoxy) is 1. The summed E-state index contributed by atoms with van der Waals surface area (Å²) in [6, 6.07) is 12.0. The van der Waals surface area contributed by atoms with Gasteiger partial charge in [0, 0.05) is 17.2 Å². The molecule has 4 heteroatoms. The largest absolute Gasteiger partial charge is 0.508 e. The van der Waals surface area contributed by atoms with Gasteiger partial charge in [-0.1, -0.05) is 18.2 Å². The third-order valence-electron chi connectivity index (χ3n) is 2.71. The lowest BCUT2D eigenvalue weighted by Crippen LogP contribution is -2.14. The molecule has 0 saturated carbocycles. The van der Waals surface area contributed by atoms with Crippen LogP contribution < -0.4 is 10.5 Å². The predicted octanol–water partition coefficient (Wildman–Crippen LogP) is 2.38. The summed E-state index contributed by atoms with van der Waals surface area (Å²) in [5, 5.41) is 9.48. The van der Waals surface area contributed by atoms with E-state index in [2.05, 4.69) is 0 Å². The minimum Gasteiger partial charge on any atom is -0.508 e. The van der Waals surface area contributed by atoms with Crippen LogP contribution in [-0.4, -0.2) is 11.0 Å². The number of hydrogen-bond acceptors (Lipinski definition) is 3. The molecule has 2 rings (SSSR count). The molecular formula is C15H15NO3. The zero-order valence-electron chi connectivity index (χ0n) is 10.6. The molecule has 0 aliphatic rings. The molecule has 0 spiro atoms. The van der Waals surface area contributed by atoms with Crippen LogP contribution in [-0.2, 0) is 6.61 Å². The first-order valence-corrected chi connectivity index (χ1v) is 5.87. The van der Waals surface area contributed by atoms with Gasteiger partial charge in [0.05, 0.1) is 0 Å². The molecule has 98 valence electrons. The Balaban J connectivity index is 2.16. The summed E-state index contributed by atoms with van der Waals surface area (Å²) in [6.07, 6.45) is 0. The Hall–Kier alpha value is -2.49. The Kier molecular flexibility index (Phi) is 3.71. The van der Waals surface area contributed by atoms with Gasteiger partial charge in [0.25, 0.3) is 0 Å². The number of aromatic hydroxyl groups is 1. The van der Waals surface area contributed by atoms with Gasteiger partial charge < -0.3 is 15.6 Å².